The lowest BCUT2D eigenvalue weighted by Crippen LogP contribution is -2.52. The number of carbonyl (C=O) groups is 3. The minimum absolute atomic E-state index is 0.170. The maximum Gasteiger partial charge on any atom is 0.328 e. The van der Waals surface area contributed by atoms with Crippen molar-refractivity contribution in [1.29, 1.82) is 0 Å². The first-order chi connectivity index (χ1) is 15.6. The van der Waals surface area contributed by atoms with Crippen LogP contribution < -0.4 is 10.6 Å². The van der Waals surface area contributed by atoms with Crippen molar-refractivity contribution in [1.82, 2.24) is 10.6 Å². The molecule has 2 aromatic carbocycles. The Morgan fingerprint density at radius 2 is 1.73 bits per heavy atom. The van der Waals surface area contributed by atoms with Crippen LogP contribution in [-0.4, -0.2) is 53.8 Å². The molecule has 2 atom stereocenters. The number of rotatable bonds is 12. The van der Waals surface area contributed by atoms with Crippen LogP contribution in [0.3, 0.4) is 0 Å². The molecule has 0 spiro atoms. The smallest absolute Gasteiger partial charge is 0.328 e. The standard InChI is InChI=1S/C25H32N2O6/c1-25(2,18-10-7-11-19(28)15-18)12-13-26-20(16-22(29)30)23(31)27-21(24(32)33-3)14-17-8-5-4-6-9-17/h4-11,15,20-21,26,28H,12-14,16H2,1-3H3,(H,27,31)(H,29,30)/t20-,21+/m1/s1. The minimum Gasteiger partial charge on any atom is -0.508 e. The molecule has 4 N–H and O–H groups in total. The monoisotopic (exact) mass is 456 g/mol. The molecule has 0 bridgehead atoms. The fraction of sp³-hybridized carbons (Fsp3) is 0.400. The zero-order valence-electron chi connectivity index (χ0n) is 19.2. The molecule has 2 rings (SSSR count). The molecule has 0 saturated carbocycles. The van der Waals surface area contributed by atoms with E-state index in [2.05, 4.69) is 10.6 Å². The molecular formula is C25H32N2O6. The van der Waals surface area contributed by atoms with Crippen LogP contribution in [0.4, 0.5) is 0 Å². The average Bonchev–Trinajstić information content (AvgIpc) is 2.77. The Bertz CT molecular complexity index is 945. The molecule has 0 aromatic heterocycles. The van der Waals surface area contributed by atoms with Crippen LogP contribution in [0, 0.1) is 0 Å². The Hall–Kier alpha value is -3.39. The van der Waals surface area contributed by atoms with E-state index in [1.54, 1.807) is 18.2 Å². The number of carbonyl (C=O) groups excluding carboxylic acids is 2. The lowest BCUT2D eigenvalue weighted by atomic mass is 9.81. The van der Waals surface area contributed by atoms with Crippen LogP contribution in [0.25, 0.3) is 0 Å². The lowest BCUT2D eigenvalue weighted by Gasteiger charge is -2.27. The van der Waals surface area contributed by atoms with E-state index in [-0.39, 0.29) is 17.6 Å². The van der Waals surface area contributed by atoms with E-state index in [4.69, 9.17) is 4.74 Å². The summed E-state index contributed by atoms with van der Waals surface area (Å²) in [6, 6.07) is 14.2. The number of esters is 1. The number of hydrogen-bond acceptors (Lipinski definition) is 6. The fourth-order valence-electron chi connectivity index (χ4n) is 3.52. The molecule has 2 aromatic rings. The molecular weight excluding hydrogens is 424 g/mol. The number of nitrogens with one attached hydrogen (secondary N) is 2. The molecule has 0 aliphatic rings. The first kappa shape index (κ1) is 25.9. The van der Waals surface area contributed by atoms with E-state index in [0.717, 1.165) is 11.1 Å². The van der Waals surface area contributed by atoms with Gasteiger partial charge in [0.25, 0.3) is 0 Å². The molecule has 0 aliphatic heterocycles. The normalized spacial score (nSPS) is 13.1. The Kier molecular flexibility index (Phi) is 9.42. The van der Waals surface area contributed by atoms with Gasteiger partial charge in [-0.25, -0.2) is 4.79 Å². The van der Waals surface area contributed by atoms with Crippen LogP contribution in [0.5, 0.6) is 5.75 Å². The van der Waals surface area contributed by atoms with Crippen molar-refractivity contribution < 1.29 is 29.3 Å². The van der Waals surface area contributed by atoms with Crippen molar-refractivity contribution in [3.8, 4) is 5.75 Å². The summed E-state index contributed by atoms with van der Waals surface area (Å²) >= 11 is 0. The number of methoxy groups -OCH3 is 1. The molecule has 0 saturated heterocycles. The molecule has 0 fully saturated rings. The van der Waals surface area contributed by atoms with Crippen LogP contribution in [0.2, 0.25) is 0 Å². The van der Waals surface area contributed by atoms with E-state index in [9.17, 15) is 24.6 Å². The number of amides is 1. The Balaban J connectivity index is 2.05. The highest BCUT2D eigenvalue weighted by atomic mass is 16.5. The first-order valence-corrected chi connectivity index (χ1v) is 10.8. The third-order valence-electron chi connectivity index (χ3n) is 5.55. The number of carboxylic acids is 1. The molecule has 0 aliphatic carbocycles. The third-order valence-corrected chi connectivity index (χ3v) is 5.55. The van der Waals surface area contributed by atoms with Gasteiger partial charge < -0.3 is 25.6 Å². The maximum atomic E-state index is 12.9. The summed E-state index contributed by atoms with van der Waals surface area (Å²) in [5.41, 5.74) is 1.44. The molecule has 0 unspecified atom stereocenters. The van der Waals surface area contributed by atoms with Gasteiger partial charge >= 0.3 is 11.9 Å². The van der Waals surface area contributed by atoms with E-state index in [0.29, 0.717) is 13.0 Å². The largest absolute Gasteiger partial charge is 0.508 e. The summed E-state index contributed by atoms with van der Waals surface area (Å²) in [5.74, 6) is -2.15. The van der Waals surface area contributed by atoms with Crippen molar-refractivity contribution in [3.63, 3.8) is 0 Å². The van der Waals surface area contributed by atoms with E-state index in [1.807, 2.05) is 50.2 Å². The van der Waals surface area contributed by atoms with Crippen LogP contribution in [0.1, 0.15) is 37.8 Å². The van der Waals surface area contributed by atoms with Crippen molar-refractivity contribution in [2.75, 3.05) is 13.7 Å². The number of hydrogen-bond donors (Lipinski definition) is 4. The first-order valence-electron chi connectivity index (χ1n) is 10.8. The van der Waals surface area contributed by atoms with Gasteiger partial charge in [0.1, 0.15) is 11.8 Å². The second-order valence-electron chi connectivity index (χ2n) is 8.56. The van der Waals surface area contributed by atoms with E-state index < -0.39 is 36.4 Å². The molecule has 1 amide bonds. The summed E-state index contributed by atoms with van der Waals surface area (Å²) in [6.07, 6.45) is 0.380. The van der Waals surface area contributed by atoms with Gasteiger partial charge in [-0.3, -0.25) is 9.59 Å². The summed E-state index contributed by atoms with van der Waals surface area (Å²) in [7, 11) is 1.24. The second kappa shape index (κ2) is 12.0. The molecule has 178 valence electrons. The van der Waals surface area contributed by atoms with Gasteiger partial charge in [-0.2, -0.15) is 0 Å². The average molecular weight is 457 g/mol. The van der Waals surface area contributed by atoms with Gasteiger partial charge in [-0.1, -0.05) is 56.3 Å². The summed E-state index contributed by atoms with van der Waals surface area (Å²) < 4.78 is 4.82. The van der Waals surface area contributed by atoms with Crippen LogP contribution in [0.15, 0.2) is 54.6 Å². The quantitative estimate of drug-likeness (QED) is 0.362. The highest BCUT2D eigenvalue weighted by molar-refractivity contribution is 5.90. The van der Waals surface area contributed by atoms with Gasteiger partial charge in [0, 0.05) is 6.42 Å². The van der Waals surface area contributed by atoms with Crippen LogP contribution >= 0.6 is 0 Å². The molecule has 8 heteroatoms. The number of carboxylic acid groups (broad SMARTS) is 1. The fourth-order valence-corrected chi connectivity index (χ4v) is 3.52. The van der Waals surface area contributed by atoms with Crippen molar-refractivity contribution in [3.05, 3.63) is 65.7 Å². The number of ether oxygens (including phenoxy) is 1. The number of phenolic OH excluding ortho intramolecular Hbond substituents is 1. The van der Waals surface area contributed by atoms with Gasteiger partial charge in [0.05, 0.1) is 19.6 Å². The predicted molar refractivity (Wildman–Crippen MR) is 124 cm³/mol. The van der Waals surface area contributed by atoms with Crippen molar-refractivity contribution >= 4 is 17.8 Å². The summed E-state index contributed by atoms with van der Waals surface area (Å²) in [5, 5.41) is 24.7. The minimum atomic E-state index is -1.13. The molecule has 0 heterocycles. The number of phenols is 1. The number of aromatic hydroxyl groups is 1. The van der Waals surface area contributed by atoms with Gasteiger partial charge in [0.15, 0.2) is 0 Å². The van der Waals surface area contributed by atoms with Crippen molar-refractivity contribution in [2.24, 2.45) is 0 Å². The Morgan fingerprint density at radius 1 is 1.03 bits per heavy atom. The Labute approximate surface area is 194 Å². The lowest BCUT2D eigenvalue weighted by molar-refractivity contribution is -0.145. The molecule has 8 nitrogen and oxygen atoms in total. The van der Waals surface area contributed by atoms with Crippen LogP contribution in [-0.2, 0) is 31.0 Å². The third kappa shape index (κ3) is 8.23. The number of benzene rings is 2. The molecule has 33 heavy (non-hydrogen) atoms. The second-order valence-corrected chi connectivity index (χ2v) is 8.56. The van der Waals surface area contributed by atoms with Crippen molar-refractivity contribution in [2.45, 2.75) is 50.6 Å². The predicted octanol–water partition coefficient (Wildman–Crippen LogP) is 2.39. The van der Waals surface area contributed by atoms with Gasteiger partial charge in [-0.15, -0.1) is 0 Å². The van der Waals surface area contributed by atoms with Gasteiger partial charge in [0.2, 0.25) is 5.91 Å². The van der Waals surface area contributed by atoms with E-state index in [1.165, 1.54) is 7.11 Å². The summed E-state index contributed by atoms with van der Waals surface area (Å²) in [6.45, 7) is 4.36. The zero-order chi connectivity index (χ0) is 24.4. The maximum absolute atomic E-state index is 12.9. The number of aliphatic carboxylic acids is 1. The SMILES string of the molecule is COC(=O)[C@H](Cc1ccccc1)NC(=O)[C@@H](CC(=O)O)NCCC(C)(C)c1cccc(O)c1. The summed E-state index contributed by atoms with van der Waals surface area (Å²) in [4.78, 5) is 36.5. The van der Waals surface area contributed by atoms with Gasteiger partial charge in [-0.05, 0) is 41.6 Å². The Morgan fingerprint density at radius 3 is 2.33 bits per heavy atom. The van der Waals surface area contributed by atoms with E-state index >= 15 is 0 Å². The highest BCUT2D eigenvalue weighted by Gasteiger charge is 2.29. The highest BCUT2D eigenvalue weighted by Crippen LogP contribution is 2.28. The topological polar surface area (TPSA) is 125 Å². The molecule has 0 radical (unpaired) electrons. The zero-order valence-corrected chi connectivity index (χ0v) is 19.2.